The Bertz CT molecular complexity index is 1020. The Balaban J connectivity index is 1.66. The van der Waals surface area contributed by atoms with Gasteiger partial charge in [-0.15, -0.1) is 5.10 Å². The van der Waals surface area contributed by atoms with Gasteiger partial charge >= 0.3 is 0 Å². The van der Waals surface area contributed by atoms with Gasteiger partial charge in [-0.2, -0.15) is 4.68 Å². The van der Waals surface area contributed by atoms with Crippen LogP contribution in [0.2, 0.25) is 0 Å². The highest BCUT2D eigenvalue weighted by Crippen LogP contribution is 2.42. The van der Waals surface area contributed by atoms with Crippen LogP contribution in [-0.4, -0.2) is 25.6 Å². The summed E-state index contributed by atoms with van der Waals surface area (Å²) in [5, 5.41) is 15.3. The summed E-state index contributed by atoms with van der Waals surface area (Å²) in [5.41, 5.74) is 1.28. The van der Waals surface area contributed by atoms with Crippen molar-refractivity contribution in [2.45, 2.75) is 16.8 Å². The van der Waals surface area contributed by atoms with Crippen molar-refractivity contribution >= 4 is 23.4 Å². The second-order valence-electron chi connectivity index (χ2n) is 5.69. The Kier molecular flexibility index (Phi) is 4.00. The summed E-state index contributed by atoms with van der Waals surface area (Å²) in [5.74, 6) is -0.273. The highest BCUT2D eigenvalue weighted by atomic mass is 32.2. The van der Waals surface area contributed by atoms with Crippen molar-refractivity contribution in [1.82, 2.24) is 14.8 Å². The number of benzene rings is 2. The zero-order valence-corrected chi connectivity index (χ0v) is 14.0. The number of fused-ring (bicyclic) bond motifs is 1. The molecule has 1 aromatic heterocycles. The molecular formula is C17H11FN4O3S. The monoisotopic (exact) mass is 370 g/mol. The largest absolute Gasteiger partial charge is 0.272 e. The minimum atomic E-state index is -0.464. The molecule has 0 radical (unpaired) electrons. The van der Waals surface area contributed by atoms with Crippen LogP contribution in [0.25, 0.3) is 11.4 Å². The van der Waals surface area contributed by atoms with Crippen LogP contribution in [0.15, 0.2) is 53.7 Å². The molecule has 0 unspecified atom stereocenters. The van der Waals surface area contributed by atoms with E-state index >= 15 is 0 Å². The summed E-state index contributed by atoms with van der Waals surface area (Å²) >= 11 is 1.32. The molecule has 0 fully saturated rings. The Hall–Kier alpha value is -3.07. The molecule has 0 amide bonds. The van der Waals surface area contributed by atoms with Gasteiger partial charge in [0.05, 0.1) is 4.92 Å². The van der Waals surface area contributed by atoms with E-state index in [0.717, 1.165) is 0 Å². The minimum absolute atomic E-state index is 0.0189. The number of halogens is 1. The van der Waals surface area contributed by atoms with Crippen LogP contribution in [0.3, 0.4) is 0 Å². The molecule has 1 aliphatic rings. The van der Waals surface area contributed by atoms with Gasteiger partial charge in [0.15, 0.2) is 11.0 Å². The van der Waals surface area contributed by atoms with E-state index in [1.807, 2.05) is 0 Å². The number of nitro groups is 1. The van der Waals surface area contributed by atoms with Crippen LogP contribution < -0.4 is 0 Å². The standard InChI is InChI=1S/C17H11FN4O3S/c18-12-6-4-10(5-7-12)16-19-17-21(20-16)15(23)9-14(26-17)11-2-1-3-13(8-11)22(24)25/h1-8,14H,9H2/t14-/m0/s1. The highest BCUT2D eigenvalue weighted by molar-refractivity contribution is 7.99. The van der Waals surface area contributed by atoms with Gasteiger partial charge in [-0.3, -0.25) is 14.9 Å². The molecule has 26 heavy (non-hydrogen) atoms. The van der Waals surface area contributed by atoms with Gasteiger partial charge < -0.3 is 0 Å². The molecule has 0 aliphatic carbocycles. The first-order chi connectivity index (χ1) is 12.5. The number of carbonyl (C=O) groups is 1. The zero-order chi connectivity index (χ0) is 18.3. The number of carbonyl (C=O) groups excluding carboxylic acids is 1. The molecule has 130 valence electrons. The van der Waals surface area contributed by atoms with Crippen molar-refractivity contribution in [2.75, 3.05) is 0 Å². The summed E-state index contributed by atoms with van der Waals surface area (Å²) in [7, 11) is 0. The number of non-ortho nitro benzene ring substituents is 1. The third-order valence-corrected chi connectivity index (χ3v) is 5.18. The Labute approximate surface area is 151 Å². The normalized spacial score (nSPS) is 16.3. The van der Waals surface area contributed by atoms with Gasteiger partial charge in [-0.25, -0.2) is 9.37 Å². The van der Waals surface area contributed by atoms with Crippen LogP contribution in [-0.2, 0) is 0 Å². The van der Waals surface area contributed by atoms with E-state index in [2.05, 4.69) is 10.1 Å². The zero-order valence-electron chi connectivity index (χ0n) is 13.2. The molecule has 0 bridgehead atoms. The molecular weight excluding hydrogens is 359 g/mol. The van der Waals surface area contributed by atoms with Crippen LogP contribution in [0.1, 0.15) is 22.0 Å². The average molecular weight is 370 g/mol. The number of hydrogen-bond acceptors (Lipinski definition) is 6. The number of hydrogen-bond donors (Lipinski definition) is 0. The van der Waals surface area contributed by atoms with Crippen molar-refractivity contribution in [3.63, 3.8) is 0 Å². The van der Waals surface area contributed by atoms with E-state index in [1.165, 1.54) is 40.7 Å². The first kappa shape index (κ1) is 16.4. The lowest BCUT2D eigenvalue weighted by Crippen LogP contribution is -2.21. The maximum absolute atomic E-state index is 13.1. The van der Waals surface area contributed by atoms with Gasteiger partial charge in [0, 0.05) is 29.4 Å². The van der Waals surface area contributed by atoms with E-state index in [1.54, 1.807) is 24.3 Å². The van der Waals surface area contributed by atoms with Crippen LogP contribution >= 0.6 is 11.8 Å². The fourth-order valence-corrected chi connectivity index (χ4v) is 3.84. The molecule has 0 saturated heterocycles. The van der Waals surface area contributed by atoms with Gasteiger partial charge in [0.1, 0.15) is 5.82 Å². The molecule has 4 rings (SSSR count). The molecule has 7 nitrogen and oxygen atoms in total. The second kappa shape index (κ2) is 6.34. The Morgan fingerprint density at radius 3 is 2.73 bits per heavy atom. The number of rotatable bonds is 3. The van der Waals surface area contributed by atoms with Crippen molar-refractivity contribution in [2.24, 2.45) is 0 Å². The van der Waals surface area contributed by atoms with Gasteiger partial charge in [-0.05, 0) is 29.8 Å². The Morgan fingerprint density at radius 1 is 1.23 bits per heavy atom. The number of aromatic nitrogens is 3. The van der Waals surface area contributed by atoms with Crippen molar-refractivity contribution in [3.05, 3.63) is 70.0 Å². The number of thioether (sulfide) groups is 1. The molecule has 9 heteroatoms. The Morgan fingerprint density at radius 2 is 2.00 bits per heavy atom. The van der Waals surface area contributed by atoms with Gasteiger partial charge in [0.2, 0.25) is 0 Å². The third-order valence-electron chi connectivity index (χ3n) is 3.98. The predicted octanol–water partition coefficient (Wildman–Crippen LogP) is 3.87. The van der Waals surface area contributed by atoms with Gasteiger partial charge in [-0.1, -0.05) is 23.9 Å². The SMILES string of the molecule is O=C1C[C@@H](c2cccc([N+](=O)[O-])c2)Sc2nc(-c3ccc(F)cc3)nn21. The molecule has 1 aliphatic heterocycles. The molecule has 0 saturated carbocycles. The number of nitro benzene ring substituents is 1. The highest BCUT2D eigenvalue weighted by Gasteiger charge is 2.30. The summed E-state index contributed by atoms with van der Waals surface area (Å²) in [6.07, 6.45) is 0.158. The molecule has 0 N–H and O–H groups in total. The number of nitrogens with zero attached hydrogens (tertiary/aromatic N) is 4. The van der Waals surface area contributed by atoms with E-state index < -0.39 is 4.92 Å². The van der Waals surface area contributed by atoms with E-state index in [9.17, 15) is 19.3 Å². The molecule has 0 spiro atoms. The van der Waals surface area contributed by atoms with E-state index in [0.29, 0.717) is 22.1 Å². The lowest BCUT2D eigenvalue weighted by molar-refractivity contribution is -0.384. The van der Waals surface area contributed by atoms with E-state index in [4.69, 9.17) is 0 Å². The maximum atomic E-state index is 13.1. The van der Waals surface area contributed by atoms with Crippen LogP contribution in [0, 0.1) is 15.9 Å². The predicted molar refractivity (Wildman–Crippen MR) is 92.4 cm³/mol. The van der Waals surface area contributed by atoms with Gasteiger partial charge in [0.25, 0.3) is 11.6 Å². The minimum Gasteiger partial charge on any atom is -0.272 e. The summed E-state index contributed by atoms with van der Waals surface area (Å²) < 4.78 is 14.3. The first-order valence-electron chi connectivity index (χ1n) is 7.68. The van der Waals surface area contributed by atoms with Crippen molar-refractivity contribution < 1.29 is 14.1 Å². The quantitative estimate of drug-likeness (QED) is 0.513. The third kappa shape index (κ3) is 2.97. The summed E-state index contributed by atoms with van der Waals surface area (Å²) in [4.78, 5) is 27.3. The molecule has 2 heterocycles. The van der Waals surface area contributed by atoms with E-state index in [-0.39, 0.29) is 29.1 Å². The summed E-state index contributed by atoms with van der Waals surface area (Å²) in [6, 6.07) is 11.9. The lowest BCUT2D eigenvalue weighted by Gasteiger charge is -2.20. The first-order valence-corrected chi connectivity index (χ1v) is 8.56. The topological polar surface area (TPSA) is 90.9 Å². The van der Waals surface area contributed by atoms with Crippen LogP contribution in [0.4, 0.5) is 10.1 Å². The van der Waals surface area contributed by atoms with Crippen molar-refractivity contribution in [3.8, 4) is 11.4 Å². The maximum Gasteiger partial charge on any atom is 0.269 e. The average Bonchev–Trinajstić information content (AvgIpc) is 3.07. The van der Waals surface area contributed by atoms with Crippen LogP contribution in [0.5, 0.6) is 0 Å². The second-order valence-corrected chi connectivity index (χ2v) is 6.86. The molecule has 2 aromatic carbocycles. The lowest BCUT2D eigenvalue weighted by atomic mass is 10.1. The molecule has 3 aromatic rings. The fourth-order valence-electron chi connectivity index (χ4n) is 2.70. The smallest absolute Gasteiger partial charge is 0.269 e. The fraction of sp³-hybridized carbons (Fsp3) is 0.118. The summed E-state index contributed by atoms with van der Waals surface area (Å²) in [6.45, 7) is 0. The van der Waals surface area contributed by atoms with Crippen molar-refractivity contribution in [1.29, 1.82) is 0 Å². The molecule has 1 atom stereocenters.